The van der Waals surface area contributed by atoms with Crippen LogP contribution in [0.2, 0.25) is 19.1 Å². The largest absolute Gasteiger partial charge is 0.0946 e. The summed E-state index contributed by atoms with van der Waals surface area (Å²) in [4.78, 5) is 0.694. The first kappa shape index (κ1) is 7.54. The minimum absolute atomic E-state index is 0.694. The fraction of sp³-hybridized carbons (Fsp3) is 0.714. The van der Waals surface area contributed by atoms with Crippen LogP contribution in [0.25, 0.3) is 0 Å². The van der Waals surface area contributed by atoms with Gasteiger partial charge < -0.3 is 0 Å². The lowest BCUT2D eigenvalue weighted by Crippen LogP contribution is -2.19. The standard InChI is InChI=1S/C7H13BrSi/c1-6-4-9(2,3)5-7(6)8/h4,7H,5H2,1-3H3. The molecule has 1 rings (SSSR count). The highest BCUT2D eigenvalue weighted by Gasteiger charge is 2.29. The molecule has 1 atom stereocenters. The van der Waals surface area contributed by atoms with E-state index in [4.69, 9.17) is 0 Å². The van der Waals surface area contributed by atoms with Gasteiger partial charge in [-0.25, -0.2) is 0 Å². The highest BCUT2D eigenvalue weighted by molar-refractivity contribution is 9.09. The third-order valence-electron chi connectivity index (χ3n) is 1.82. The molecule has 1 heterocycles. The normalized spacial score (nSPS) is 32.4. The topological polar surface area (TPSA) is 0 Å². The van der Waals surface area contributed by atoms with Crippen molar-refractivity contribution in [3.8, 4) is 0 Å². The Labute approximate surface area is 66.5 Å². The van der Waals surface area contributed by atoms with Gasteiger partial charge in [0.05, 0.1) is 8.07 Å². The molecule has 0 aromatic carbocycles. The van der Waals surface area contributed by atoms with Crippen molar-refractivity contribution in [1.29, 1.82) is 0 Å². The molecule has 2 heteroatoms. The maximum Gasteiger partial charge on any atom is 0.0731 e. The van der Waals surface area contributed by atoms with E-state index in [9.17, 15) is 0 Å². The molecule has 9 heavy (non-hydrogen) atoms. The molecule has 1 aliphatic rings. The molecule has 0 aromatic heterocycles. The minimum Gasteiger partial charge on any atom is -0.0946 e. The van der Waals surface area contributed by atoms with Gasteiger partial charge in [-0.2, -0.15) is 0 Å². The van der Waals surface area contributed by atoms with Crippen LogP contribution in [0.4, 0.5) is 0 Å². The molecule has 0 saturated carbocycles. The van der Waals surface area contributed by atoms with Gasteiger partial charge in [0.15, 0.2) is 0 Å². The number of hydrogen-bond donors (Lipinski definition) is 0. The van der Waals surface area contributed by atoms with Gasteiger partial charge in [-0.1, -0.05) is 40.3 Å². The van der Waals surface area contributed by atoms with Gasteiger partial charge >= 0.3 is 0 Å². The van der Waals surface area contributed by atoms with E-state index in [1.165, 1.54) is 6.04 Å². The summed E-state index contributed by atoms with van der Waals surface area (Å²) < 4.78 is 0. The molecule has 52 valence electrons. The SMILES string of the molecule is CC1=C[Si](C)(C)CC1Br. The van der Waals surface area contributed by atoms with Crippen LogP contribution < -0.4 is 0 Å². The van der Waals surface area contributed by atoms with Gasteiger partial charge in [-0.15, -0.1) is 0 Å². The lowest BCUT2D eigenvalue weighted by Gasteiger charge is -2.10. The molecule has 0 N–H and O–H groups in total. The highest BCUT2D eigenvalue weighted by Crippen LogP contribution is 2.32. The molecule has 0 aromatic rings. The number of rotatable bonds is 0. The Morgan fingerprint density at radius 1 is 1.67 bits per heavy atom. The third-order valence-corrected chi connectivity index (χ3v) is 6.16. The maximum atomic E-state index is 3.65. The van der Waals surface area contributed by atoms with E-state index in [0.29, 0.717) is 4.83 Å². The number of alkyl halides is 1. The van der Waals surface area contributed by atoms with E-state index in [1.54, 1.807) is 5.57 Å². The van der Waals surface area contributed by atoms with Crippen molar-refractivity contribution in [3.63, 3.8) is 0 Å². The highest BCUT2D eigenvalue weighted by atomic mass is 79.9. The van der Waals surface area contributed by atoms with Crippen molar-refractivity contribution in [1.82, 2.24) is 0 Å². The van der Waals surface area contributed by atoms with Gasteiger partial charge in [-0.05, 0) is 13.0 Å². The quantitative estimate of drug-likeness (QED) is 0.421. The average molecular weight is 205 g/mol. The first-order chi connectivity index (χ1) is 4.01. The molecule has 0 nitrogen and oxygen atoms in total. The Morgan fingerprint density at radius 2 is 2.22 bits per heavy atom. The van der Waals surface area contributed by atoms with E-state index in [0.717, 1.165) is 0 Å². The summed E-state index contributed by atoms with van der Waals surface area (Å²) in [5, 5.41) is 0. The molecule has 0 amide bonds. The fourth-order valence-corrected chi connectivity index (χ4v) is 7.07. The van der Waals surface area contributed by atoms with Crippen LogP contribution in [0.5, 0.6) is 0 Å². The summed E-state index contributed by atoms with van der Waals surface area (Å²) in [6.45, 7) is 7.05. The zero-order valence-electron chi connectivity index (χ0n) is 6.24. The van der Waals surface area contributed by atoms with Crippen LogP contribution in [0.3, 0.4) is 0 Å². The average Bonchev–Trinajstić information content (AvgIpc) is 1.79. The van der Waals surface area contributed by atoms with Crippen LogP contribution in [-0.2, 0) is 0 Å². The van der Waals surface area contributed by atoms with Gasteiger partial charge in [0.1, 0.15) is 0 Å². The van der Waals surface area contributed by atoms with Gasteiger partial charge in [0, 0.05) is 4.83 Å². The maximum absolute atomic E-state index is 3.65. The first-order valence-corrected chi connectivity index (χ1v) is 7.55. The van der Waals surface area contributed by atoms with Crippen molar-refractivity contribution < 1.29 is 0 Å². The van der Waals surface area contributed by atoms with Crippen molar-refractivity contribution in [2.75, 3.05) is 0 Å². The third kappa shape index (κ3) is 1.68. The van der Waals surface area contributed by atoms with E-state index in [1.807, 2.05) is 0 Å². The molecular weight excluding hydrogens is 192 g/mol. The molecule has 0 radical (unpaired) electrons. The van der Waals surface area contributed by atoms with Crippen LogP contribution in [0.1, 0.15) is 6.92 Å². The van der Waals surface area contributed by atoms with Crippen LogP contribution in [-0.4, -0.2) is 12.9 Å². The Balaban J connectivity index is 2.74. The first-order valence-electron chi connectivity index (χ1n) is 3.35. The zero-order chi connectivity index (χ0) is 7.07. The van der Waals surface area contributed by atoms with Crippen molar-refractivity contribution in [3.05, 3.63) is 11.3 Å². The Hall–Kier alpha value is 0.437. The molecule has 1 unspecified atom stereocenters. The van der Waals surface area contributed by atoms with Crippen LogP contribution >= 0.6 is 15.9 Å². The number of hydrogen-bond acceptors (Lipinski definition) is 0. The second-order valence-corrected chi connectivity index (χ2v) is 9.33. The number of allylic oxidation sites excluding steroid dienone is 1. The monoisotopic (exact) mass is 204 g/mol. The molecule has 0 saturated heterocycles. The Kier molecular flexibility index (Phi) is 1.88. The Morgan fingerprint density at radius 3 is 2.33 bits per heavy atom. The van der Waals surface area contributed by atoms with Crippen LogP contribution in [0.15, 0.2) is 11.3 Å². The van der Waals surface area contributed by atoms with E-state index < -0.39 is 8.07 Å². The summed E-state index contributed by atoms with van der Waals surface area (Å²) in [7, 11) is -0.875. The van der Waals surface area contributed by atoms with Crippen molar-refractivity contribution in [2.24, 2.45) is 0 Å². The zero-order valence-corrected chi connectivity index (χ0v) is 8.83. The summed E-state index contributed by atoms with van der Waals surface area (Å²) >= 11 is 3.65. The lowest BCUT2D eigenvalue weighted by atomic mass is 10.3. The van der Waals surface area contributed by atoms with Gasteiger partial charge in [-0.3, -0.25) is 0 Å². The predicted molar refractivity (Wildman–Crippen MR) is 48.8 cm³/mol. The van der Waals surface area contributed by atoms with Crippen LogP contribution in [0, 0.1) is 0 Å². The second kappa shape index (κ2) is 2.24. The van der Waals surface area contributed by atoms with Gasteiger partial charge in [0.25, 0.3) is 0 Å². The summed E-state index contributed by atoms with van der Waals surface area (Å²) in [6.07, 6.45) is 0. The minimum atomic E-state index is -0.875. The summed E-state index contributed by atoms with van der Waals surface area (Å²) in [6, 6.07) is 1.39. The Bertz CT molecular complexity index is 149. The molecule has 1 aliphatic heterocycles. The second-order valence-electron chi connectivity index (χ2n) is 3.55. The molecule has 0 bridgehead atoms. The van der Waals surface area contributed by atoms with E-state index in [2.05, 4.69) is 41.6 Å². The molecular formula is C7H13BrSi. The smallest absolute Gasteiger partial charge is 0.0731 e. The molecule has 0 spiro atoms. The van der Waals surface area contributed by atoms with E-state index >= 15 is 0 Å². The van der Waals surface area contributed by atoms with Crippen molar-refractivity contribution >= 4 is 24.0 Å². The fourth-order valence-electron chi connectivity index (χ4n) is 1.39. The molecule has 0 aliphatic carbocycles. The van der Waals surface area contributed by atoms with Gasteiger partial charge in [0.2, 0.25) is 0 Å². The number of halogens is 1. The summed E-state index contributed by atoms with van der Waals surface area (Å²) in [5.74, 6) is 0. The molecule has 0 fully saturated rings. The predicted octanol–water partition coefficient (Wildman–Crippen LogP) is 2.96. The van der Waals surface area contributed by atoms with Crippen molar-refractivity contribution in [2.45, 2.75) is 30.9 Å². The summed E-state index contributed by atoms with van der Waals surface area (Å²) in [5.41, 5.74) is 4.04. The lowest BCUT2D eigenvalue weighted by molar-refractivity contribution is 1.15. The van der Waals surface area contributed by atoms with E-state index in [-0.39, 0.29) is 0 Å².